The Morgan fingerprint density at radius 1 is 1.11 bits per heavy atom. The molecule has 1 unspecified atom stereocenters. The van der Waals surface area contributed by atoms with E-state index in [1.54, 1.807) is 0 Å². The topological polar surface area (TPSA) is 24.9 Å². The lowest BCUT2D eigenvalue weighted by atomic mass is 10.1. The van der Waals surface area contributed by atoms with E-state index in [4.69, 9.17) is 9.47 Å². The van der Waals surface area contributed by atoms with E-state index in [2.05, 4.69) is 49.4 Å². The summed E-state index contributed by atoms with van der Waals surface area (Å²) in [4.78, 5) is 5.02. The van der Waals surface area contributed by atoms with Crippen LogP contribution in [-0.2, 0) is 9.47 Å². The van der Waals surface area contributed by atoms with E-state index in [0.29, 0.717) is 17.6 Å². The van der Waals surface area contributed by atoms with E-state index in [1.165, 1.54) is 63.4 Å². The summed E-state index contributed by atoms with van der Waals surface area (Å²) in [5.41, 5.74) is 0.534. The second-order valence-electron chi connectivity index (χ2n) is 8.18. The molecular weight excluding hydrogens is 356 g/mol. The smallest absolute Gasteiger partial charge is 0.0621 e. The van der Waals surface area contributed by atoms with E-state index in [-0.39, 0.29) is 0 Å². The van der Waals surface area contributed by atoms with Crippen LogP contribution in [0, 0.1) is 5.41 Å². The number of likely N-dealkylation sites (tertiary alicyclic amines) is 1. The summed E-state index contributed by atoms with van der Waals surface area (Å²) in [6, 6.07) is 0.694. The quantitative estimate of drug-likeness (QED) is 0.600. The lowest BCUT2D eigenvalue weighted by Crippen LogP contribution is -2.38. The molecule has 5 heteroatoms. The van der Waals surface area contributed by atoms with Crippen molar-refractivity contribution in [1.82, 2.24) is 9.80 Å². The van der Waals surface area contributed by atoms with Gasteiger partial charge in [0.25, 0.3) is 0 Å². The third-order valence-corrected chi connectivity index (χ3v) is 6.47. The van der Waals surface area contributed by atoms with Crippen LogP contribution in [0.4, 0.5) is 0 Å². The highest BCUT2D eigenvalue weighted by molar-refractivity contribution is 7.99. The molecule has 1 atom stereocenters. The van der Waals surface area contributed by atoms with E-state index in [1.807, 2.05) is 13.8 Å². The van der Waals surface area contributed by atoms with Gasteiger partial charge in [-0.3, -0.25) is 0 Å². The highest BCUT2D eigenvalue weighted by Gasteiger charge is 2.44. The minimum absolute atomic E-state index is 0.388. The van der Waals surface area contributed by atoms with E-state index in [9.17, 15) is 0 Å². The summed E-state index contributed by atoms with van der Waals surface area (Å²) >= 11 is 2.09. The molecule has 4 nitrogen and oxygen atoms in total. The van der Waals surface area contributed by atoms with Crippen molar-refractivity contribution in [3.63, 3.8) is 0 Å². The number of hydrogen-bond acceptors (Lipinski definition) is 5. The third kappa shape index (κ3) is 10.5. The Balaban J connectivity index is 0.000000265. The molecule has 2 saturated heterocycles. The summed E-state index contributed by atoms with van der Waals surface area (Å²) in [6.07, 6.45) is 5.80. The zero-order valence-corrected chi connectivity index (χ0v) is 19.8. The standard InChI is InChI=1S/C12H23NOS.C8H17NO.C2H6/c1-11(2)14-10-12(3-4-12)9-13-5-7-15-8-6-13;1-3-10-7-8-5-4-6-9(8)2;1-2/h11H,3-10H2,1-2H3;8H,3-7H2,1-2H3;1-2H3. The molecule has 2 heterocycles. The molecule has 3 rings (SSSR count). The molecule has 162 valence electrons. The summed E-state index contributed by atoms with van der Waals surface area (Å²) in [5.74, 6) is 2.64. The number of thioether (sulfide) groups is 1. The first-order valence-electron chi connectivity index (χ1n) is 11.2. The Morgan fingerprint density at radius 3 is 2.26 bits per heavy atom. The van der Waals surface area contributed by atoms with E-state index in [0.717, 1.165) is 19.8 Å². The molecule has 0 N–H and O–H groups in total. The monoisotopic (exact) mass is 402 g/mol. The molecule has 0 spiro atoms. The lowest BCUT2D eigenvalue weighted by Gasteiger charge is -2.30. The molecule has 3 fully saturated rings. The number of rotatable bonds is 8. The molecule has 2 aliphatic heterocycles. The van der Waals surface area contributed by atoms with E-state index >= 15 is 0 Å². The van der Waals surface area contributed by atoms with Crippen LogP contribution in [0.15, 0.2) is 0 Å². The molecule has 0 aromatic carbocycles. The fraction of sp³-hybridized carbons (Fsp3) is 1.00. The number of nitrogens with zero attached hydrogens (tertiary/aromatic N) is 2. The lowest BCUT2D eigenvalue weighted by molar-refractivity contribution is 0.0321. The molecule has 1 saturated carbocycles. The number of likely N-dealkylation sites (N-methyl/N-ethyl adjacent to an activating group) is 1. The Morgan fingerprint density at radius 2 is 1.78 bits per heavy atom. The molecule has 0 amide bonds. The predicted molar refractivity (Wildman–Crippen MR) is 120 cm³/mol. The molecule has 0 aromatic heterocycles. The Hall–Kier alpha value is 0.190. The van der Waals surface area contributed by atoms with Crippen molar-refractivity contribution in [1.29, 1.82) is 0 Å². The molecule has 1 aliphatic carbocycles. The van der Waals surface area contributed by atoms with Gasteiger partial charge in [-0.15, -0.1) is 0 Å². The van der Waals surface area contributed by atoms with Crippen molar-refractivity contribution in [2.75, 3.05) is 64.6 Å². The molecule has 27 heavy (non-hydrogen) atoms. The SMILES string of the molecule is CC.CC(C)OCC1(CN2CCSCC2)CC1.CCOCC1CCCN1C. The molecule has 0 radical (unpaired) electrons. The summed E-state index contributed by atoms with van der Waals surface area (Å²) < 4.78 is 11.1. The van der Waals surface area contributed by atoms with Gasteiger partial charge in [0.1, 0.15) is 0 Å². The third-order valence-electron chi connectivity index (χ3n) is 5.53. The van der Waals surface area contributed by atoms with Crippen LogP contribution in [0.5, 0.6) is 0 Å². The van der Waals surface area contributed by atoms with Gasteiger partial charge in [-0.25, -0.2) is 0 Å². The Bertz CT molecular complexity index is 358. The Labute approximate surface area is 173 Å². The second-order valence-corrected chi connectivity index (χ2v) is 9.41. The molecule has 0 bridgehead atoms. The van der Waals surface area contributed by atoms with Crippen LogP contribution >= 0.6 is 11.8 Å². The molecule has 0 aromatic rings. The maximum absolute atomic E-state index is 5.78. The summed E-state index contributed by atoms with van der Waals surface area (Å²) in [7, 11) is 2.18. The van der Waals surface area contributed by atoms with Gasteiger partial charge in [0.05, 0.1) is 19.3 Å². The minimum Gasteiger partial charge on any atom is -0.380 e. The number of ether oxygens (including phenoxy) is 2. The fourth-order valence-corrected chi connectivity index (χ4v) is 4.52. The van der Waals surface area contributed by atoms with Gasteiger partial charge in [0, 0.05) is 49.2 Å². The van der Waals surface area contributed by atoms with Crippen molar-refractivity contribution >= 4 is 11.8 Å². The molecular formula is C22H46N2O2S. The Kier molecular flexibility index (Phi) is 13.3. The van der Waals surface area contributed by atoms with Crippen LogP contribution in [-0.4, -0.2) is 86.5 Å². The second kappa shape index (κ2) is 14.2. The average molecular weight is 403 g/mol. The van der Waals surface area contributed by atoms with Gasteiger partial charge in [-0.05, 0) is 60.0 Å². The average Bonchev–Trinajstić information content (AvgIpc) is 3.33. The zero-order chi connectivity index (χ0) is 20.1. The first-order chi connectivity index (χ1) is 13.0. The van der Waals surface area contributed by atoms with Crippen LogP contribution in [0.1, 0.15) is 60.3 Å². The first kappa shape index (κ1) is 25.2. The maximum atomic E-state index is 5.78. The summed E-state index contributed by atoms with van der Waals surface area (Å²) in [6.45, 7) is 18.2. The normalized spacial score (nSPS) is 24.8. The van der Waals surface area contributed by atoms with Crippen molar-refractivity contribution in [3.8, 4) is 0 Å². The van der Waals surface area contributed by atoms with Crippen molar-refractivity contribution in [3.05, 3.63) is 0 Å². The maximum Gasteiger partial charge on any atom is 0.0621 e. The first-order valence-corrected chi connectivity index (χ1v) is 12.4. The van der Waals surface area contributed by atoms with Crippen molar-refractivity contribution < 1.29 is 9.47 Å². The fourth-order valence-electron chi connectivity index (χ4n) is 3.55. The minimum atomic E-state index is 0.388. The van der Waals surface area contributed by atoms with Gasteiger partial charge in [-0.1, -0.05) is 13.8 Å². The highest BCUT2D eigenvalue weighted by Crippen LogP contribution is 2.46. The van der Waals surface area contributed by atoms with Crippen LogP contribution in [0.25, 0.3) is 0 Å². The number of hydrogen-bond donors (Lipinski definition) is 0. The van der Waals surface area contributed by atoms with Crippen LogP contribution < -0.4 is 0 Å². The highest BCUT2D eigenvalue weighted by atomic mass is 32.2. The van der Waals surface area contributed by atoms with Crippen LogP contribution in [0.3, 0.4) is 0 Å². The largest absolute Gasteiger partial charge is 0.380 e. The van der Waals surface area contributed by atoms with Gasteiger partial charge in [-0.2, -0.15) is 11.8 Å². The van der Waals surface area contributed by atoms with Gasteiger partial charge in [0.2, 0.25) is 0 Å². The van der Waals surface area contributed by atoms with Gasteiger partial charge < -0.3 is 19.3 Å². The van der Waals surface area contributed by atoms with E-state index < -0.39 is 0 Å². The van der Waals surface area contributed by atoms with Crippen molar-refractivity contribution in [2.24, 2.45) is 5.41 Å². The van der Waals surface area contributed by atoms with Gasteiger partial charge in [0.15, 0.2) is 0 Å². The van der Waals surface area contributed by atoms with Crippen molar-refractivity contribution in [2.45, 2.75) is 72.4 Å². The summed E-state index contributed by atoms with van der Waals surface area (Å²) in [5, 5.41) is 0. The zero-order valence-electron chi connectivity index (χ0n) is 19.0. The van der Waals surface area contributed by atoms with Gasteiger partial charge >= 0.3 is 0 Å². The predicted octanol–water partition coefficient (Wildman–Crippen LogP) is 4.38. The van der Waals surface area contributed by atoms with Crippen LogP contribution in [0.2, 0.25) is 0 Å². The molecule has 3 aliphatic rings.